The highest BCUT2D eigenvalue weighted by Crippen LogP contribution is 2.37. The summed E-state index contributed by atoms with van der Waals surface area (Å²) in [6, 6.07) is 2.04. The third-order valence-corrected chi connectivity index (χ3v) is 4.27. The third-order valence-electron chi connectivity index (χ3n) is 2.74. The van der Waals surface area contributed by atoms with Crippen molar-refractivity contribution in [2.24, 2.45) is 0 Å². The minimum atomic E-state index is 0.380. The Kier molecular flexibility index (Phi) is 3.14. The van der Waals surface area contributed by atoms with Crippen LogP contribution in [0.15, 0.2) is 12.3 Å². The summed E-state index contributed by atoms with van der Waals surface area (Å²) in [7, 11) is 0. The van der Waals surface area contributed by atoms with Crippen LogP contribution in [0.1, 0.15) is 25.3 Å². The Labute approximate surface area is 95.1 Å². The Hall–Kier alpha value is -0.770. The van der Waals surface area contributed by atoms with Crippen LogP contribution in [-0.4, -0.2) is 27.2 Å². The maximum atomic E-state index is 4.06. The van der Waals surface area contributed by atoms with Crippen LogP contribution in [0.4, 0.5) is 5.82 Å². The van der Waals surface area contributed by atoms with E-state index in [1.807, 2.05) is 13.0 Å². The molecule has 3 nitrogen and oxygen atoms in total. The van der Waals surface area contributed by atoms with E-state index in [2.05, 4.69) is 34.2 Å². The molecule has 1 saturated heterocycles. The van der Waals surface area contributed by atoms with Crippen molar-refractivity contribution in [3.05, 3.63) is 17.8 Å². The van der Waals surface area contributed by atoms with E-state index in [9.17, 15) is 0 Å². The van der Waals surface area contributed by atoms with Crippen LogP contribution in [0.25, 0.3) is 0 Å². The van der Waals surface area contributed by atoms with Crippen molar-refractivity contribution in [1.29, 1.82) is 0 Å². The van der Waals surface area contributed by atoms with E-state index < -0.39 is 0 Å². The van der Waals surface area contributed by atoms with Gasteiger partial charge in [-0.2, -0.15) is 16.9 Å². The molecule has 0 aliphatic carbocycles. The predicted octanol–water partition coefficient (Wildman–Crippen LogP) is 2.48. The van der Waals surface area contributed by atoms with Crippen molar-refractivity contribution in [1.82, 2.24) is 10.2 Å². The predicted molar refractivity (Wildman–Crippen MR) is 65.4 cm³/mol. The smallest absolute Gasteiger partial charge is 0.148 e. The molecule has 1 atom stereocenters. The summed E-state index contributed by atoms with van der Waals surface area (Å²) >= 11 is 2.06. The number of nitrogens with zero attached hydrogens (tertiary/aromatic N) is 2. The van der Waals surface area contributed by atoms with Crippen LogP contribution in [0.2, 0.25) is 0 Å². The number of rotatable bonds is 3. The van der Waals surface area contributed by atoms with Gasteiger partial charge in [0.1, 0.15) is 5.82 Å². The molecule has 1 aromatic heterocycles. The van der Waals surface area contributed by atoms with Gasteiger partial charge in [-0.3, -0.25) is 0 Å². The maximum Gasteiger partial charge on any atom is 0.148 e. The van der Waals surface area contributed by atoms with Gasteiger partial charge in [0.25, 0.3) is 0 Å². The zero-order valence-corrected chi connectivity index (χ0v) is 10.1. The molecule has 0 saturated carbocycles. The topological polar surface area (TPSA) is 37.8 Å². The fourth-order valence-corrected chi connectivity index (χ4v) is 3.05. The van der Waals surface area contributed by atoms with Crippen LogP contribution in [0, 0.1) is 6.92 Å². The van der Waals surface area contributed by atoms with Crippen molar-refractivity contribution < 1.29 is 0 Å². The lowest BCUT2D eigenvalue weighted by Gasteiger charge is -2.22. The first-order valence-corrected chi connectivity index (χ1v) is 6.34. The van der Waals surface area contributed by atoms with E-state index in [-0.39, 0.29) is 0 Å². The lowest BCUT2D eigenvalue weighted by molar-refractivity contribution is 0.633. The number of aryl methyl sites for hydroxylation is 1. The average Bonchev–Trinajstić information content (AvgIpc) is 2.63. The minimum absolute atomic E-state index is 0.380. The molecule has 1 unspecified atom stereocenters. The van der Waals surface area contributed by atoms with Crippen LogP contribution in [-0.2, 0) is 0 Å². The molecule has 4 heteroatoms. The van der Waals surface area contributed by atoms with Crippen molar-refractivity contribution in [3.8, 4) is 0 Å². The summed E-state index contributed by atoms with van der Waals surface area (Å²) in [5.41, 5.74) is 1.15. The van der Waals surface area contributed by atoms with Gasteiger partial charge >= 0.3 is 0 Å². The molecule has 2 rings (SSSR count). The number of hydrogen-bond donors (Lipinski definition) is 1. The molecule has 82 valence electrons. The molecular formula is C11H17N3S. The van der Waals surface area contributed by atoms with Gasteiger partial charge in [-0.15, -0.1) is 5.10 Å². The van der Waals surface area contributed by atoms with Crippen molar-refractivity contribution in [2.75, 3.05) is 17.6 Å². The summed E-state index contributed by atoms with van der Waals surface area (Å²) < 4.78 is 0.380. The lowest BCUT2D eigenvalue weighted by Crippen LogP contribution is -2.27. The molecule has 1 aliphatic heterocycles. The number of thioether (sulfide) groups is 1. The van der Waals surface area contributed by atoms with Gasteiger partial charge in [0.2, 0.25) is 0 Å². The van der Waals surface area contributed by atoms with Gasteiger partial charge in [-0.1, -0.05) is 0 Å². The molecule has 0 amide bonds. The second-order valence-electron chi connectivity index (χ2n) is 4.37. The van der Waals surface area contributed by atoms with Crippen molar-refractivity contribution in [3.63, 3.8) is 0 Å². The first-order chi connectivity index (χ1) is 7.18. The fraction of sp³-hybridized carbons (Fsp3) is 0.636. The van der Waals surface area contributed by atoms with Gasteiger partial charge in [0, 0.05) is 11.3 Å². The van der Waals surface area contributed by atoms with Gasteiger partial charge in [-0.05, 0) is 44.1 Å². The Balaban J connectivity index is 1.92. The quantitative estimate of drug-likeness (QED) is 0.854. The molecule has 1 aromatic rings. The van der Waals surface area contributed by atoms with Crippen molar-refractivity contribution in [2.45, 2.75) is 31.4 Å². The average molecular weight is 223 g/mol. The van der Waals surface area contributed by atoms with Gasteiger partial charge in [0.05, 0.1) is 6.20 Å². The van der Waals surface area contributed by atoms with Gasteiger partial charge < -0.3 is 5.32 Å². The largest absolute Gasteiger partial charge is 0.367 e. The highest BCUT2D eigenvalue weighted by Gasteiger charge is 2.29. The Morgan fingerprint density at radius 3 is 3.13 bits per heavy atom. The lowest BCUT2D eigenvalue weighted by atomic mass is 10.1. The molecule has 2 heterocycles. The van der Waals surface area contributed by atoms with E-state index in [4.69, 9.17) is 0 Å². The summed E-state index contributed by atoms with van der Waals surface area (Å²) in [5.74, 6) is 2.18. The summed E-state index contributed by atoms with van der Waals surface area (Å²) in [4.78, 5) is 0. The number of anilines is 1. The van der Waals surface area contributed by atoms with Crippen LogP contribution in [0.3, 0.4) is 0 Å². The summed E-state index contributed by atoms with van der Waals surface area (Å²) in [5, 5.41) is 11.4. The van der Waals surface area contributed by atoms with E-state index >= 15 is 0 Å². The molecule has 0 radical (unpaired) electrons. The molecular weight excluding hydrogens is 206 g/mol. The monoisotopic (exact) mass is 223 g/mol. The number of nitrogens with one attached hydrogen (secondary N) is 1. The first kappa shape index (κ1) is 10.7. The van der Waals surface area contributed by atoms with Crippen LogP contribution < -0.4 is 5.32 Å². The SMILES string of the molecule is Cc1cnnc(NCC2(C)CCCS2)c1. The summed E-state index contributed by atoms with van der Waals surface area (Å²) in [6.45, 7) is 5.34. The van der Waals surface area contributed by atoms with Crippen LogP contribution >= 0.6 is 11.8 Å². The van der Waals surface area contributed by atoms with Crippen molar-refractivity contribution >= 4 is 17.6 Å². The molecule has 1 aliphatic rings. The highest BCUT2D eigenvalue weighted by atomic mass is 32.2. The highest BCUT2D eigenvalue weighted by molar-refractivity contribution is 8.00. The minimum Gasteiger partial charge on any atom is -0.367 e. The van der Waals surface area contributed by atoms with E-state index in [1.165, 1.54) is 18.6 Å². The standard InChI is InChI=1S/C11H17N3S/c1-9-6-10(14-13-7-9)12-8-11(2)4-3-5-15-11/h6-7H,3-5,8H2,1-2H3,(H,12,14). The number of hydrogen-bond acceptors (Lipinski definition) is 4. The second kappa shape index (κ2) is 4.39. The first-order valence-electron chi connectivity index (χ1n) is 5.35. The molecule has 1 N–H and O–H groups in total. The molecule has 0 bridgehead atoms. The van der Waals surface area contributed by atoms with E-state index in [0.29, 0.717) is 4.75 Å². The summed E-state index contributed by atoms with van der Waals surface area (Å²) in [6.07, 6.45) is 4.41. The van der Waals surface area contributed by atoms with E-state index in [0.717, 1.165) is 17.9 Å². The molecule has 1 fully saturated rings. The normalized spacial score (nSPS) is 25.5. The fourth-order valence-electron chi connectivity index (χ4n) is 1.80. The second-order valence-corrected chi connectivity index (χ2v) is 6.06. The van der Waals surface area contributed by atoms with E-state index in [1.54, 1.807) is 6.20 Å². The molecule has 0 spiro atoms. The zero-order chi connectivity index (χ0) is 10.7. The molecule has 0 aromatic carbocycles. The maximum absolute atomic E-state index is 4.06. The Morgan fingerprint density at radius 1 is 1.60 bits per heavy atom. The number of aromatic nitrogens is 2. The Bertz CT molecular complexity index is 334. The van der Waals surface area contributed by atoms with Gasteiger partial charge in [-0.25, -0.2) is 0 Å². The Morgan fingerprint density at radius 2 is 2.47 bits per heavy atom. The third kappa shape index (κ3) is 2.84. The van der Waals surface area contributed by atoms with Gasteiger partial charge in [0.15, 0.2) is 0 Å². The van der Waals surface area contributed by atoms with Crippen LogP contribution in [0.5, 0.6) is 0 Å². The molecule has 15 heavy (non-hydrogen) atoms. The zero-order valence-electron chi connectivity index (χ0n) is 9.29.